The van der Waals surface area contributed by atoms with Gasteiger partial charge in [0, 0.05) is 16.7 Å². The maximum atomic E-state index is 13.3. The first-order chi connectivity index (χ1) is 14.8. The summed E-state index contributed by atoms with van der Waals surface area (Å²) in [6.45, 7) is 3.78. The molecule has 0 bridgehead atoms. The highest BCUT2D eigenvalue weighted by molar-refractivity contribution is 9.10. The number of carbonyl (C=O) groups is 1. The van der Waals surface area contributed by atoms with Crippen molar-refractivity contribution in [1.82, 2.24) is 4.31 Å². The molecule has 3 aromatic carbocycles. The molecule has 1 N–H and O–H groups in total. The van der Waals surface area contributed by atoms with Crippen molar-refractivity contribution in [2.24, 2.45) is 0 Å². The molecular weight excluding hydrogens is 476 g/mol. The molecule has 0 heterocycles. The Morgan fingerprint density at radius 2 is 1.65 bits per heavy atom. The lowest BCUT2D eigenvalue weighted by Crippen LogP contribution is -2.39. The Morgan fingerprint density at radius 1 is 0.968 bits per heavy atom. The molecule has 0 unspecified atom stereocenters. The van der Waals surface area contributed by atoms with Crippen LogP contribution in [0.15, 0.2) is 82.2 Å². The van der Waals surface area contributed by atoms with E-state index in [1.165, 1.54) is 16.4 Å². The van der Waals surface area contributed by atoms with Gasteiger partial charge in [0.05, 0.1) is 11.4 Å². The van der Waals surface area contributed by atoms with Gasteiger partial charge in [-0.2, -0.15) is 4.31 Å². The fourth-order valence-electron chi connectivity index (χ4n) is 3.16. The smallest absolute Gasteiger partial charge is 0.243 e. The molecule has 0 aliphatic carbocycles. The lowest BCUT2D eigenvalue weighted by atomic mass is 10.1. The van der Waals surface area contributed by atoms with Gasteiger partial charge in [0.15, 0.2) is 0 Å². The van der Waals surface area contributed by atoms with E-state index in [2.05, 4.69) is 21.2 Å². The summed E-state index contributed by atoms with van der Waals surface area (Å²) in [6, 6.07) is 21.8. The maximum Gasteiger partial charge on any atom is 0.243 e. The molecule has 0 aliphatic rings. The van der Waals surface area contributed by atoms with Gasteiger partial charge in [0.1, 0.15) is 0 Å². The topological polar surface area (TPSA) is 66.5 Å². The van der Waals surface area contributed by atoms with E-state index in [1.54, 1.807) is 12.1 Å². The number of amides is 1. The zero-order valence-electron chi connectivity index (χ0n) is 17.5. The van der Waals surface area contributed by atoms with Crippen LogP contribution in [0.3, 0.4) is 0 Å². The molecular formula is C24H25BrN2O3S. The molecule has 0 saturated heterocycles. The molecule has 0 fully saturated rings. The van der Waals surface area contributed by atoms with Crippen molar-refractivity contribution in [3.05, 3.63) is 94.0 Å². The van der Waals surface area contributed by atoms with Crippen LogP contribution in [0.2, 0.25) is 0 Å². The molecule has 5 nitrogen and oxygen atoms in total. The number of hydrogen-bond acceptors (Lipinski definition) is 3. The van der Waals surface area contributed by atoms with E-state index >= 15 is 0 Å². The minimum Gasteiger partial charge on any atom is -0.325 e. The van der Waals surface area contributed by atoms with Gasteiger partial charge in [-0.05, 0) is 67.3 Å². The number of nitrogens with one attached hydrogen (secondary N) is 1. The number of carbonyl (C=O) groups excluding carboxylic acids is 1. The Morgan fingerprint density at radius 3 is 2.32 bits per heavy atom. The van der Waals surface area contributed by atoms with Crippen molar-refractivity contribution in [3.63, 3.8) is 0 Å². The normalized spacial score (nSPS) is 11.5. The number of hydrogen-bond donors (Lipinski definition) is 1. The predicted octanol–water partition coefficient (Wildman–Crippen LogP) is 4.94. The molecule has 1 amide bonds. The Balaban J connectivity index is 1.83. The maximum absolute atomic E-state index is 13.3. The molecule has 0 aromatic heterocycles. The van der Waals surface area contributed by atoms with E-state index in [0.29, 0.717) is 12.1 Å². The number of aryl methyl sites for hydroxylation is 2. The van der Waals surface area contributed by atoms with Gasteiger partial charge in [0.25, 0.3) is 0 Å². The van der Waals surface area contributed by atoms with Crippen LogP contribution in [0.4, 0.5) is 5.69 Å². The fraction of sp³-hybridized carbons (Fsp3) is 0.208. The van der Waals surface area contributed by atoms with Gasteiger partial charge in [-0.3, -0.25) is 4.79 Å². The highest BCUT2D eigenvalue weighted by atomic mass is 79.9. The Hall–Kier alpha value is -2.48. The molecule has 7 heteroatoms. The van der Waals surface area contributed by atoms with Crippen LogP contribution in [0.1, 0.15) is 16.7 Å². The number of halogens is 1. The van der Waals surface area contributed by atoms with Crippen LogP contribution in [0.5, 0.6) is 0 Å². The Kier molecular flexibility index (Phi) is 7.64. The van der Waals surface area contributed by atoms with E-state index in [4.69, 9.17) is 0 Å². The Bertz CT molecular complexity index is 1150. The van der Waals surface area contributed by atoms with Crippen LogP contribution >= 0.6 is 15.9 Å². The molecule has 0 radical (unpaired) electrons. The molecule has 3 aromatic rings. The first kappa shape index (κ1) is 23.2. The first-order valence-corrected chi connectivity index (χ1v) is 12.2. The summed E-state index contributed by atoms with van der Waals surface area (Å²) in [5.41, 5.74) is 3.64. The minimum atomic E-state index is -3.84. The van der Waals surface area contributed by atoms with E-state index in [9.17, 15) is 13.2 Å². The lowest BCUT2D eigenvalue weighted by Gasteiger charge is -2.22. The summed E-state index contributed by atoms with van der Waals surface area (Å²) in [6.07, 6.45) is 0.507. The van der Waals surface area contributed by atoms with E-state index in [-0.39, 0.29) is 23.9 Å². The SMILES string of the molecule is Cc1ccc(C)c(NC(=O)CN(CCc2ccccc2)S(=O)(=O)c2ccc(Br)cc2)c1. The van der Waals surface area contributed by atoms with Gasteiger partial charge >= 0.3 is 0 Å². The number of anilines is 1. The van der Waals surface area contributed by atoms with Gasteiger partial charge in [-0.15, -0.1) is 0 Å². The van der Waals surface area contributed by atoms with Crippen LogP contribution in [0, 0.1) is 13.8 Å². The summed E-state index contributed by atoms with van der Waals surface area (Å²) in [7, 11) is -3.84. The third kappa shape index (κ3) is 6.26. The van der Waals surface area contributed by atoms with Crippen LogP contribution in [0.25, 0.3) is 0 Å². The van der Waals surface area contributed by atoms with E-state index in [1.807, 2.05) is 62.4 Å². The van der Waals surface area contributed by atoms with Crippen molar-refractivity contribution in [2.45, 2.75) is 25.2 Å². The van der Waals surface area contributed by atoms with Crippen molar-refractivity contribution in [1.29, 1.82) is 0 Å². The number of rotatable bonds is 8. The summed E-state index contributed by atoms with van der Waals surface area (Å²) >= 11 is 3.33. The average Bonchev–Trinajstić information content (AvgIpc) is 2.74. The Labute approximate surface area is 192 Å². The van der Waals surface area contributed by atoms with Crippen LogP contribution in [-0.2, 0) is 21.2 Å². The van der Waals surface area contributed by atoms with Gasteiger partial charge < -0.3 is 5.32 Å². The number of nitrogens with zero attached hydrogens (tertiary/aromatic N) is 1. The molecule has 0 spiro atoms. The van der Waals surface area contributed by atoms with Crippen molar-refractivity contribution < 1.29 is 13.2 Å². The highest BCUT2D eigenvalue weighted by Gasteiger charge is 2.26. The standard InChI is InChI=1S/C24H25BrN2O3S/c1-18-8-9-19(2)23(16-18)26-24(28)17-27(15-14-20-6-4-3-5-7-20)31(29,30)22-12-10-21(25)11-13-22/h3-13,16H,14-15,17H2,1-2H3,(H,26,28). The second kappa shape index (κ2) is 10.2. The lowest BCUT2D eigenvalue weighted by molar-refractivity contribution is -0.116. The number of sulfonamides is 1. The van der Waals surface area contributed by atoms with Crippen molar-refractivity contribution in [3.8, 4) is 0 Å². The molecule has 31 heavy (non-hydrogen) atoms. The zero-order chi connectivity index (χ0) is 22.4. The quantitative estimate of drug-likeness (QED) is 0.476. The average molecular weight is 501 g/mol. The summed E-state index contributed by atoms with van der Waals surface area (Å²) in [5, 5.41) is 2.86. The van der Waals surface area contributed by atoms with E-state index < -0.39 is 10.0 Å². The van der Waals surface area contributed by atoms with Crippen LogP contribution in [-0.4, -0.2) is 31.7 Å². The third-order valence-corrected chi connectivity index (χ3v) is 7.32. The van der Waals surface area contributed by atoms with Crippen molar-refractivity contribution >= 4 is 37.5 Å². The molecule has 162 valence electrons. The molecule has 0 saturated carbocycles. The summed E-state index contributed by atoms with van der Waals surface area (Å²) < 4.78 is 28.6. The van der Waals surface area contributed by atoms with E-state index in [0.717, 1.165) is 21.2 Å². The molecule has 0 aliphatic heterocycles. The van der Waals surface area contributed by atoms with Crippen molar-refractivity contribution in [2.75, 3.05) is 18.4 Å². The van der Waals surface area contributed by atoms with Gasteiger partial charge in [-0.1, -0.05) is 58.4 Å². The summed E-state index contributed by atoms with van der Waals surface area (Å²) in [4.78, 5) is 13.0. The minimum absolute atomic E-state index is 0.156. The fourth-order valence-corrected chi connectivity index (χ4v) is 4.82. The first-order valence-electron chi connectivity index (χ1n) is 9.92. The predicted molar refractivity (Wildman–Crippen MR) is 128 cm³/mol. The van der Waals surface area contributed by atoms with Gasteiger partial charge in [-0.25, -0.2) is 8.42 Å². The third-order valence-electron chi connectivity index (χ3n) is 4.93. The highest BCUT2D eigenvalue weighted by Crippen LogP contribution is 2.20. The molecule has 3 rings (SSSR count). The molecule has 0 atom stereocenters. The zero-order valence-corrected chi connectivity index (χ0v) is 19.9. The van der Waals surface area contributed by atoms with Crippen LogP contribution < -0.4 is 5.32 Å². The monoisotopic (exact) mass is 500 g/mol. The number of benzene rings is 3. The van der Waals surface area contributed by atoms with Gasteiger partial charge in [0.2, 0.25) is 15.9 Å². The second-order valence-electron chi connectivity index (χ2n) is 7.39. The largest absolute Gasteiger partial charge is 0.325 e. The summed E-state index contributed by atoms with van der Waals surface area (Å²) in [5.74, 6) is -0.373. The second-order valence-corrected chi connectivity index (χ2v) is 10.2.